The summed E-state index contributed by atoms with van der Waals surface area (Å²) in [6.45, 7) is 6.88. The van der Waals surface area contributed by atoms with Crippen molar-refractivity contribution in [3.63, 3.8) is 0 Å². The summed E-state index contributed by atoms with van der Waals surface area (Å²) in [5.41, 5.74) is 7.36. The van der Waals surface area contributed by atoms with Crippen LogP contribution in [0.3, 0.4) is 0 Å². The predicted octanol–water partition coefficient (Wildman–Crippen LogP) is 5.93. The third-order valence-corrected chi connectivity index (χ3v) is 5.26. The molecule has 118 valence electrons. The van der Waals surface area contributed by atoms with E-state index in [0.717, 1.165) is 0 Å². The number of H-pyrrole nitrogens is 1. The number of aromatic amines is 1. The van der Waals surface area contributed by atoms with Gasteiger partial charge in [0.2, 0.25) is 0 Å². The number of hydrogen-bond acceptors (Lipinski definition) is 0. The van der Waals surface area contributed by atoms with Crippen LogP contribution in [0, 0.1) is 0 Å². The van der Waals surface area contributed by atoms with Crippen molar-refractivity contribution in [2.24, 2.45) is 0 Å². The maximum absolute atomic E-state index is 3.69. The average Bonchev–Trinajstić information content (AvgIpc) is 2.92. The fraction of sp³-hybridized carbons (Fsp3) is 0.364. The fourth-order valence-electron chi connectivity index (χ4n) is 3.98. The molecule has 4 rings (SSSR count). The zero-order valence-corrected chi connectivity index (χ0v) is 14.3. The molecule has 0 fully saturated rings. The first-order valence-corrected chi connectivity index (χ1v) is 8.74. The van der Waals surface area contributed by atoms with Gasteiger partial charge in [-0.05, 0) is 53.5 Å². The molecule has 1 aliphatic carbocycles. The Morgan fingerprint density at radius 2 is 1.78 bits per heavy atom. The van der Waals surface area contributed by atoms with Gasteiger partial charge in [0.05, 0.1) is 0 Å². The normalized spacial score (nSPS) is 18.1. The van der Waals surface area contributed by atoms with Crippen LogP contribution in [0.15, 0.2) is 48.5 Å². The highest BCUT2D eigenvalue weighted by Gasteiger charge is 2.26. The second-order valence-corrected chi connectivity index (χ2v) is 7.88. The van der Waals surface area contributed by atoms with Gasteiger partial charge in [0.15, 0.2) is 0 Å². The molecule has 0 unspecified atom stereocenters. The summed E-state index contributed by atoms with van der Waals surface area (Å²) in [5, 5.41) is 1.43. The van der Waals surface area contributed by atoms with Crippen LogP contribution in [-0.4, -0.2) is 4.98 Å². The van der Waals surface area contributed by atoms with Crippen LogP contribution in [0.4, 0.5) is 0 Å². The third kappa shape index (κ3) is 2.49. The van der Waals surface area contributed by atoms with E-state index in [4.69, 9.17) is 0 Å². The number of nitrogens with one attached hydrogen (secondary N) is 1. The van der Waals surface area contributed by atoms with Gasteiger partial charge in [-0.2, -0.15) is 0 Å². The second-order valence-electron chi connectivity index (χ2n) is 7.88. The number of rotatable bonds is 1. The van der Waals surface area contributed by atoms with Crippen LogP contribution < -0.4 is 0 Å². The summed E-state index contributed by atoms with van der Waals surface area (Å²) in [6, 6.07) is 18.0. The first-order chi connectivity index (χ1) is 11.0. The van der Waals surface area contributed by atoms with Crippen LogP contribution in [0.25, 0.3) is 10.9 Å². The quantitative estimate of drug-likeness (QED) is 0.573. The molecule has 1 nitrogen and oxygen atoms in total. The summed E-state index contributed by atoms with van der Waals surface area (Å²) < 4.78 is 0. The highest BCUT2D eigenvalue weighted by atomic mass is 14.7. The second kappa shape index (κ2) is 5.26. The lowest BCUT2D eigenvalue weighted by Crippen LogP contribution is -2.12. The molecule has 0 radical (unpaired) electrons. The number of fused-ring (bicyclic) bond motifs is 3. The summed E-state index contributed by atoms with van der Waals surface area (Å²) in [7, 11) is 0. The molecule has 1 heterocycles. The average molecular weight is 303 g/mol. The molecule has 1 N–H and O–H groups in total. The van der Waals surface area contributed by atoms with Gasteiger partial charge in [0, 0.05) is 22.5 Å². The first-order valence-electron chi connectivity index (χ1n) is 8.74. The van der Waals surface area contributed by atoms with Crippen molar-refractivity contribution in [2.75, 3.05) is 0 Å². The van der Waals surface area contributed by atoms with Crippen molar-refractivity contribution in [2.45, 2.75) is 51.4 Å². The van der Waals surface area contributed by atoms with Crippen LogP contribution >= 0.6 is 0 Å². The molecule has 1 aromatic heterocycles. The number of benzene rings is 2. The van der Waals surface area contributed by atoms with Gasteiger partial charge in [0.1, 0.15) is 0 Å². The maximum Gasteiger partial charge on any atom is 0.0459 e. The minimum absolute atomic E-state index is 0.190. The van der Waals surface area contributed by atoms with E-state index < -0.39 is 0 Å². The molecular formula is C22H25N. The molecule has 0 spiro atoms. The molecule has 1 heteroatoms. The predicted molar refractivity (Wildman–Crippen MR) is 98.2 cm³/mol. The zero-order chi connectivity index (χ0) is 16.0. The van der Waals surface area contributed by atoms with Crippen LogP contribution in [0.1, 0.15) is 61.9 Å². The highest BCUT2D eigenvalue weighted by molar-refractivity contribution is 5.87. The van der Waals surface area contributed by atoms with Gasteiger partial charge in [-0.3, -0.25) is 0 Å². The Morgan fingerprint density at radius 1 is 1.00 bits per heavy atom. The lowest BCUT2D eigenvalue weighted by Gasteiger charge is -2.24. The van der Waals surface area contributed by atoms with E-state index >= 15 is 0 Å². The molecule has 0 aliphatic heterocycles. The van der Waals surface area contributed by atoms with Crippen molar-refractivity contribution in [1.29, 1.82) is 0 Å². The Labute approximate surface area is 138 Å². The molecule has 0 saturated carbocycles. The van der Waals surface area contributed by atoms with E-state index in [1.54, 1.807) is 5.56 Å². The van der Waals surface area contributed by atoms with E-state index in [1.165, 1.54) is 47.0 Å². The molecule has 1 atom stereocenters. The Bertz CT molecular complexity index is 834. The van der Waals surface area contributed by atoms with Crippen molar-refractivity contribution >= 4 is 10.9 Å². The van der Waals surface area contributed by atoms with E-state index in [1.807, 2.05) is 0 Å². The summed E-state index contributed by atoms with van der Waals surface area (Å²) in [5.74, 6) is 0.531. The number of aromatic nitrogens is 1. The summed E-state index contributed by atoms with van der Waals surface area (Å²) in [6.07, 6.45) is 3.70. The molecular weight excluding hydrogens is 278 g/mol. The molecule has 0 bridgehead atoms. The van der Waals surface area contributed by atoms with Crippen molar-refractivity contribution in [3.05, 3.63) is 70.9 Å². The fourth-order valence-corrected chi connectivity index (χ4v) is 3.98. The standard InChI is InChI=1S/C22H25N/c1-22(2,3)16-12-13-19-18(14-16)21-17(10-7-11-20(21)23-19)15-8-5-4-6-9-15/h4-6,8-9,12-14,17,23H,7,10-11H2,1-3H3/t17-/m0/s1. The monoisotopic (exact) mass is 303 g/mol. The Balaban J connectivity index is 1.92. The van der Waals surface area contributed by atoms with E-state index in [-0.39, 0.29) is 5.41 Å². The third-order valence-electron chi connectivity index (χ3n) is 5.26. The highest BCUT2D eigenvalue weighted by Crippen LogP contribution is 2.41. The Morgan fingerprint density at radius 3 is 2.52 bits per heavy atom. The SMILES string of the molecule is CC(C)(C)c1ccc2[nH]c3c(c2c1)[C@H](c1ccccc1)CCC3. The Hall–Kier alpha value is -2.02. The van der Waals surface area contributed by atoms with Gasteiger partial charge in [-0.15, -0.1) is 0 Å². The smallest absolute Gasteiger partial charge is 0.0459 e. The zero-order valence-electron chi connectivity index (χ0n) is 14.3. The molecule has 3 aromatic rings. The molecule has 23 heavy (non-hydrogen) atoms. The largest absolute Gasteiger partial charge is 0.358 e. The van der Waals surface area contributed by atoms with Gasteiger partial charge in [-0.1, -0.05) is 57.2 Å². The lowest BCUT2D eigenvalue weighted by molar-refractivity contribution is 0.590. The van der Waals surface area contributed by atoms with Crippen molar-refractivity contribution < 1.29 is 0 Å². The van der Waals surface area contributed by atoms with Crippen LogP contribution in [0.5, 0.6) is 0 Å². The number of hydrogen-bond donors (Lipinski definition) is 1. The summed E-state index contributed by atoms with van der Waals surface area (Å²) >= 11 is 0. The van der Waals surface area contributed by atoms with Crippen molar-refractivity contribution in [1.82, 2.24) is 4.98 Å². The minimum Gasteiger partial charge on any atom is -0.358 e. The van der Waals surface area contributed by atoms with Crippen LogP contribution in [-0.2, 0) is 11.8 Å². The molecule has 0 saturated heterocycles. The van der Waals surface area contributed by atoms with Gasteiger partial charge >= 0.3 is 0 Å². The maximum atomic E-state index is 3.69. The van der Waals surface area contributed by atoms with E-state index in [2.05, 4.69) is 74.3 Å². The van der Waals surface area contributed by atoms with Crippen LogP contribution in [0.2, 0.25) is 0 Å². The summed E-state index contributed by atoms with van der Waals surface area (Å²) in [4.78, 5) is 3.69. The lowest BCUT2D eigenvalue weighted by atomic mass is 9.79. The number of aryl methyl sites for hydroxylation is 1. The Kier molecular flexibility index (Phi) is 3.33. The molecule has 0 amide bonds. The van der Waals surface area contributed by atoms with Gasteiger partial charge in [-0.25, -0.2) is 0 Å². The van der Waals surface area contributed by atoms with Crippen molar-refractivity contribution in [3.8, 4) is 0 Å². The molecule has 2 aromatic carbocycles. The molecule has 1 aliphatic rings. The topological polar surface area (TPSA) is 15.8 Å². The van der Waals surface area contributed by atoms with E-state index in [0.29, 0.717) is 5.92 Å². The minimum atomic E-state index is 0.190. The van der Waals surface area contributed by atoms with Gasteiger partial charge < -0.3 is 4.98 Å². The van der Waals surface area contributed by atoms with E-state index in [9.17, 15) is 0 Å². The van der Waals surface area contributed by atoms with Gasteiger partial charge in [0.25, 0.3) is 0 Å². The first kappa shape index (κ1) is 14.6.